The Kier molecular flexibility index (Phi) is 4.20. The van der Waals surface area contributed by atoms with Crippen LogP contribution >= 0.6 is 0 Å². The summed E-state index contributed by atoms with van der Waals surface area (Å²) in [5, 5.41) is 3.59. The maximum atomic E-state index is 5.28. The highest BCUT2D eigenvalue weighted by Crippen LogP contribution is 2.33. The Balaban J connectivity index is 1.61. The normalized spacial score (nSPS) is 14.0. The first kappa shape index (κ1) is 16.8. The third kappa shape index (κ3) is 2.99. The number of fused-ring (bicyclic) bond motifs is 1. The zero-order chi connectivity index (χ0) is 18.9. The molecule has 1 saturated carbocycles. The van der Waals surface area contributed by atoms with Crippen molar-refractivity contribution < 1.29 is 4.74 Å². The molecule has 2 aromatic heterocycles. The number of hydrogen-bond donors (Lipinski definition) is 1. The highest BCUT2D eigenvalue weighted by Gasteiger charge is 2.19. The van der Waals surface area contributed by atoms with Gasteiger partial charge in [0.1, 0.15) is 0 Å². The van der Waals surface area contributed by atoms with Crippen molar-refractivity contribution in [3.05, 3.63) is 66.9 Å². The fourth-order valence-corrected chi connectivity index (χ4v) is 3.61. The number of ether oxygens (including phenoxy) is 1. The summed E-state index contributed by atoms with van der Waals surface area (Å²) in [5.41, 5.74) is 5.29. The van der Waals surface area contributed by atoms with Crippen molar-refractivity contribution in [1.82, 2.24) is 14.4 Å². The molecule has 2 aromatic carbocycles. The fraction of sp³-hybridized carbons (Fsp3) is 0.217. The first-order valence-electron chi connectivity index (χ1n) is 9.67. The lowest BCUT2D eigenvalue weighted by Crippen LogP contribution is -2.26. The van der Waals surface area contributed by atoms with E-state index in [4.69, 9.17) is 9.72 Å². The topological polar surface area (TPSA) is 51.5 Å². The van der Waals surface area contributed by atoms with Crippen LogP contribution in [-0.2, 0) is 0 Å². The molecular weight excluding hydrogens is 348 g/mol. The molecule has 1 fully saturated rings. The van der Waals surface area contributed by atoms with Gasteiger partial charge in [0, 0.05) is 35.1 Å². The predicted octanol–water partition coefficient (Wildman–Crippen LogP) is 5.04. The van der Waals surface area contributed by atoms with Gasteiger partial charge in [-0.3, -0.25) is 4.40 Å². The minimum absolute atomic E-state index is 0.559. The van der Waals surface area contributed by atoms with Gasteiger partial charge in [0.05, 0.1) is 18.5 Å². The summed E-state index contributed by atoms with van der Waals surface area (Å²) in [5.74, 6) is 1.19. The summed E-state index contributed by atoms with van der Waals surface area (Å²) in [6.07, 6.45) is 5.82. The van der Waals surface area contributed by atoms with Crippen LogP contribution in [0.1, 0.15) is 19.3 Å². The number of imidazole rings is 1. The van der Waals surface area contributed by atoms with Crippen LogP contribution < -0.4 is 10.1 Å². The van der Waals surface area contributed by atoms with Crippen LogP contribution in [0.25, 0.3) is 28.3 Å². The Labute approximate surface area is 164 Å². The third-order valence-corrected chi connectivity index (χ3v) is 5.36. The molecule has 1 aliphatic carbocycles. The molecular formula is C23H22N4O. The molecule has 28 heavy (non-hydrogen) atoms. The van der Waals surface area contributed by atoms with Gasteiger partial charge in [-0.25, -0.2) is 4.98 Å². The van der Waals surface area contributed by atoms with E-state index in [9.17, 15) is 0 Å². The van der Waals surface area contributed by atoms with E-state index in [1.807, 2.05) is 34.9 Å². The lowest BCUT2D eigenvalue weighted by Gasteiger charge is -2.27. The largest absolute Gasteiger partial charge is 0.481 e. The number of hydrogen-bond acceptors (Lipinski definition) is 4. The van der Waals surface area contributed by atoms with E-state index in [-0.39, 0.29) is 0 Å². The summed E-state index contributed by atoms with van der Waals surface area (Å²) in [6.45, 7) is 0. The summed E-state index contributed by atoms with van der Waals surface area (Å²) in [7, 11) is 1.62. The second kappa shape index (κ2) is 7.00. The summed E-state index contributed by atoms with van der Waals surface area (Å²) >= 11 is 0. The second-order valence-electron chi connectivity index (χ2n) is 7.16. The maximum absolute atomic E-state index is 5.28. The molecule has 0 spiro atoms. The Hall–Kier alpha value is -3.34. The van der Waals surface area contributed by atoms with Crippen molar-refractivity contribution in [3.63, 3.8) is 0 Å². The van der Waals surface area contributed by atoms with Crippen LogP contribution in [0.3, 0.4) is 0 Å². The monoisotopic (exact) mass is 370 g/mol. The van der Waals surface area contributed by atoms with E-state index in [0.717, 1.165) is 22.5 Å². The van der Waals surface area contributed by atoms with Crippen molar-refractivity contribution in [2.24, 2.45) is 0 Å². The van der Waals surface area contributed by atoms with Crippen molar-refractivity contribution in [2.45, 2.75) is 25.3 Å². The molecule has 5 heteroatoms. The molecule has 5 nitrogen and oxygen atoms in total. The summed E-state index contributed by atoms with van der Waals surface area (Å²) in [4.78, 5) is 9.36. The molecule has 0 saturated heterocycles. The van der Waals surface area contributed by atoms with Crippen LogP contribution in [0.15, 0.2) is 66.9 Å². The molecule has 0 amide bonds. The van der Waals surface area contributed by atoms with Gasteiger partial charge in [-0.2, -0.15) is 4.98 Å². The third-order valence-electron chi connectivity index (χ3n) is 5.36. The highest BCUT2D eigenvalue weighted by molar-refractivity contribution is 5.82. The van der Waals surface area contributed by atoms with Gasteiger partial charge >= 0.3 is 0 Å². The van der Waals surface area contributed by atoms with Gasteiger partial charge in [0.15, 0.2) is 0 Å². The van der Waals surface area contributed by atoms with Crippen LogP contribution in [0.5, 0.6) is 5.88 Å². The highest BCUT2D eigenvalue weighted by atomic mass is 16.5. The lowest BCUT2D eigenvalue weighted by atomic mass is 9.93. The Morgan fingerprint density at radius 2 is 1.71 bits per heavy atom. The standard InChI is InChI=1S/C23H22N4O/c1-28-20-14-15-27-22(17-6-3-2-4-7-17)21(26-23(27)25-20)16-10-12-19(13-11-16)24-18-8-5-9-18/h2-4,6-7,10-15,18,24H,5,8-9H2,1H3. The van der Waals surface area contributed by atoms with E-state index in [2.05, 4.69) is 46.7 Å². The Morgan fingerprint density at radius 1 is 0.929 bits per heavy atom. The summed E-state index contributed by atoms with van der Waals surface area (Å²) in [6, 6.07) is 21.3. The van der Waals surface area contributed by atoms with Crippen molar-refractivity contribution in [1.29, 1.82) is 0 Å². The smallest absolute Gasteiger partial charge is 0.238 e. The van der Waals surface area contributed by atoms with E-state index in [0.29, 0.717) is 17.7 Å². The first-order chi connectivity index (χ1) is 13.8. The first-order valence-corrected chi connectivity index (χ1v) is 9.67. The SMILES string of the molecule is COc1ccn2c(-c3ccccc3)c(-c3ccc(NC4CCC4)cc3)nc2n1. The average Bonchev–Trinajstić information content (AvgIpc) is 3.10. The molecule has 0 bridgehead atoms. The van der Waals surface area contributed by atoms with Crippen molar-refractivity contribution >= 4 is 11.5 Å². The minimum atomic E-state index is 0.559. The molecule has 0 aliphatic heterocycles. The Bertz CT molecular complexity index is 1100. The van der Waals surface area contributed by atoms with E-state index in [1.54, 1.807) is 7.11 Å². The predicted molar refractivity (Wildman–Crippen MR) is 112 cm³/mol. The lowest BCUT2D eigenvalue weighted by molar-refractivity contribution is 0.398. The second-order valence-corrected chi connectivity index (χ2v) is 7.16. The van der Waals surface area contributed by atoms with Gasteiger partial charge < -0.3 is 10.1 Å². The molecule has 0 atom stereocenters. The van der Waals surface area contributed by atoms with Crippen LogP contribution in [0.4, 0.5) is 5.69 Å². The number of nitrogens with one attached hydrogen (secondary N) is 1. The number of benzene rings is 2. The zero-order valence-electron chi connectivity index (χ0n) is 15.8. The molecule has 0 radical (unpaired) electrons. The van der Waals surface area contributed by atoms with Gasteiger partial charge in [0.2, 0.25) is 11.7 Å². The van der Waals surface area contributed by atoms with Gasteiger partial charge in [0.25, 0.3) is 0 Å². The van der Waals surface area contributed by atoms with E-state index >= 15 is 0 Å². The van der Waals surface area contributed by atoms with E-state index in [1.165, 1.54) is 24.9 Å². The average molecular weight is 370 g/mol. The molecule has 140 valence electrons. The molecule has 1 N–H and O–H groups in total. The van der Waals surface area contributed by atoms with Crippen LogP contribution in [0.2, 0.25) is 0 Å². The molecule has 1 aliphatic rings. The zero-order valence-corrected chi connectivity index (χ0v) is 15.8. The van der Waals surface area contributed by atoms with Crippen LogP contribution in [0, 0.1) is 0 Å². The summed E-state index contributed by atoms with van der Waals surface area (Å²) < 4.78 is 7.30. The molecule has 0 unspecified atom stereocenters. The van der Waals surface area contributed by atoms with Crippen LogP contribution in [-0.4, -0.2) is 27.5 Å². The quantitative estimate of drug-likeness (QED) is 0.535. The number of nitrogens with zero attached hydrogens (tertiary/aromatic N) is 3. The number of methoxy groups -OCH3 is 1. The van der Waals surface area contributed by atoms with Crippen molar-refractivity contribution in [3.8, 4) is 28.4 Å². The molecule has 4 aromatic rings. The number of rotatable bonds is 5. The fourth-order valence-electron chi connectivity index (χ4n) is 3.61. The molecule has 5 rings (SSSR count). The van der Waals surface area contributed by atoms with Gasteiger partial charge in [-0.1, -0.05) is 42.5 Å². The maximum Gasteiger partial charge on any atom is 0.238 e. The van der Waals surface area contributed by atoms with E-state index < -0.39 is 0 Å². The van der Waals surface area contributed by atoms with Gasteiger partial charge in [-0.05, 0) is 31.4 Å². The number of anilines is 1. The van der Waals surface area contributed by atoms with Gasteiger partial charge in [-0.15, -0.1) is 0 Å². The Morgan fingerprint density at radius 3 is 2.39 bits per heavy atom. The van der Waals surface area contributed by atoms with Crippen molar-refractivity contribution in [2.75, 3.05) is 12.4 Å². The number of aromatic nitrogens is 3. The molecule has 2 heterocycles. The minimum Gasteiger partial charge on any atom is -0.481 e.